The van der Waals surface area contributed by atoms with Gasteiger partial charge in [0, 0.05) is 5.54 Å². The molecule has 0 aromatic heterocycles. The highest BCUT2D eigenvalue weighted by Gasteiger charge is 2.41. The van der Waals surface area contributed by atoms with Crippen LogP contribution in [0, 0.1) is 17.8 Å². The van der Waals surface area contributed by atoms with Gasteiger partial charge in [-0.15, -0.1) is 0 Å². The summed E-state index contributed by atoms with van der Waals surface area (Å²) in [5.41, 5.74) is 0.0514. The molecule has 0 aliphatic heterocycles. The van der Waals surface area contributed by atoms with Gasteiger partial charge in [0.2, 0.25) is 0 Å². The van der Waals surface area contributed by atoms with Crippen molar-refractivity contribution in [3.63, 3.8) is 0 Å². The molecule has 2 rings (SSSR count). The highest BCUT2D eigenvalue weighted by Crippen LogP contribution is 2.46. The van der Waals surface area contributed by atoms with E-state index < -0.39 is 0 Å². The van der Waals surface area contributed by atoms with Gasteiger partial charge in [-0.05, 0) is 50.0 Å². The van der Waals surface area contributed by atoms with Crippen LogP contribution in [-0.2, 0) is 0 Å². The van der Waals surface area contributed by atoms with Crippen LogP contribution in [0.5, 0.6) is 0 Å². The van der Waals surface area contributed by atoms with Gasteiger partial charge < -0.3 is 10.4 Å². The summed E-state index contributed by atoms with van der Waals surface area (Å²) >= 11 is 0. The summed E-state index contributed by atoms with van der Waals surface area (Å²) in [6.07, 6.45) is 7.95. The maximum absolute atomic E-state index is 9.71. The van der Waals surface area contributed by atoms with Crippen molar-refractivity contribution in [1.82, 2.24) is 5.32 Å². The monoisotopic (exact) mass is 225 g/mol. The van der Waals surface area contributed by atoms with Crippen LogP contribution in [0.1, 0.15) is 52.4 Å². The lowest BCUT2D eigenvalue weighted by atomic mass is 9.74. The average Bonchev–Trinajstić information content (AvgIpc) is 3.11. The number of nitrogens with one attached hydrogen (secondary N) is 1. The molecule has 0 radical (unpaired) electrons. The second kappa shape index (κ2) is 5.05. The normalized spacial score (nSPS) is 35.6. The molecule has 2 heteroatoms. The number of hydrogen-bond acceptors (Lipinski definition) is 2. The molecule has 0 bridgehead atoms. The third kappa shape index (κ3) is 2.98. The largest absolute Gasteiger partial charge is 0.394 e. The molecule has 94 valence electrons. The molecule has 0 saturated heterocycles. The fraction of sp³-hybridized carbons (Fsp3) is 1.00. The summed E-state index contributed by atoms with van der Waals surface area (Å²) in [6, 6.07) is 0. The summed E-state index contributed by atoms with van der Waals surface area (Å²) in [5.74, 6) is 2.55. The lowest BCUT2D eigenvalue weighted by Crippen LogP contribution is -2.53. The van der Waals surface area contributed by atoms with E-state index in [9.17, 15) is 5.11 Å². The number of rotatable bonds is 5. The van der Waals surface area contributed by atoms with Gasteiger partial charge in [-0.3, -0.25) is 0 Å². The van der Waals surface area contributed by atoms with Gasteiger partial charge in [-0.2, -0.15) is 0 Å². The van der Waals surface area contributed by atoms with Crippen LogP contribution in [-0.4, -0.2) is 23.8 Å². The predicted molar refractivity (Wildman–Crippen MR) is 67.3 cm³/mol. The molecule has 0 aromatic rings. The van der Waals surface area contributed by atoms with Crippen LogP contribution in [0.15, 0.2) is 0 Å². The molecular formula is C14H27NO. The maximum Gasteiger partial charge on any atom is 0.0613 e. The first-order chi connectivity index (χ1) is 7.65. The van der Waals surface area contributed by atoms with Gasteiger partial charge in [0.1, 0.15) is 0 Å². The second-order valence-corrected chi connectivity index (χ2v) is 6.41. The van der Waals surface area contributed by atoms with Gasteiger partial charge >= 0.3 is 0 Å². The van der Waals surface area contributed by atoms with E-state index in [-0.39, 0.29) is 5.54 Å². The first-order valence-electron chi connectivity index (χ1n) is 7.01. The van der Waals surface area contributed by atoms with Crippen molar-refractivity contribution in [2.24, 2.45) is 17.8 Å². The van der Waals surface area contributed by atoms with E-state index in [0.29, 0.717) is 12.5 Å². The minimum atomic E-state index is 0.0514. The first kappa shape index (κ1) is 12.4. The first-order valence-corrected chi connectivity index (χ1v) is 7.01. The Morgan fingerprint density at radius 1 is 1.25 bits per heavy atom. The Bertz CT molecular complexity index is 225. The molecule has 2 unspecified atom stereocenters. The zero-order valence-electron chi connectivity index (χ0n) is 10.8. The van der Waals surface area contributed by atoms with E-state index in [2.05, 4.69) is 19.2 Å². The van der Waals surface area contributed by atoms with Gasteiger partial charge in [0.05, 0.1) is 6.61 Å². The Balaban J connectivity index is 1.90. The SMILES string of the molecule is CC(C)CNC1(CO)CCCC(C2CC2)C1. The smallest absolute Gasteiger partial charge is 0.0613 e. The molecule has 2 atom stereocenters. The highest BCUT2D eigenvalue weighted by molar-refractivity contribution is 4.97. The zero-order valence-corrected chi connectivity index (χ0v) is 10.8. The fourth-order valence-corrected chi connectivity index (χ4v) is 3.16. The van der Waals surface area contributed by atoms with Crippen molar-refractivity contribution >= 4 is 0 Å². The fourth-order valence-electron chi connectivity index (χ4n) is 3.16. The summed E-state index contributed by atoms with van der Waals surface area (Å²) in [4.78, 5) is 0. The van der Waals surface area contributed by atoms with E-state index in [1.165, 1.54) is 38.5 Å². The summed E-state index contributed by atoms with van der Waals surface area (Å²) in [5, 5.41) is 13.4. The van der Waals surface area contributed by atoms with Crippen molar-refractivity contribution in [2.75, 3.05) is 13.2 Å². The quantitative estimate of drug-likeness (QED) is 0.753. The van der Waals surface area contributed by atoms with E-state index in [4.69, 9.17) is 0 Å². The van der Waals surface area contributed by atoms with Crippen molar-refractivity contribution in [1.29, 1.82) is 0 Å². The molecule has 2 aliphatic carbocycles. The van der Waals surface area contributed by atoms with E-state index >= 15 is 0 Å². The minimum Gasteiger partial charge on any atom is -0.394 e. The molecular weight excluding hydrogens is 198 g/mol. The highest BCUT2D eigenvalue weighted by atomic mass is 16.3. The molecule has 0 heterocycles. The Morgan fingerprint density at radius 3 is 2.56 bits per heavy atom. The van der Waals surface area contributed by atoms with Crippen LogP contribution in [0.2, 0.25) is 0 Å². The molecule has 2 fully saturated rings. The number of aliphatic hydroxyl groups excluding tert-OH is 1. The van der Waals surface area contributed by atoms with E-state index in [0.717, 1.165) is 18.4 Å². The summed E-state index contributed by atoms with van der Waals surface area (Å²) < 4.78 is 0. The minimum absolute atomic E-state index is 0.0514. The Hall–Kier alpha value is -0.0800. The Morgan fingerprint density at radius 2 is 2.00 bits per heavy atom. The van der Waals surface area contributed by atoms with Crippen LogP contribution in [0.25, 0.3) is 0 Å². The van der Waals surface area contributed by atoms with Crippen molar-refractivity contribution in [3.05, 3.63) is 0 Å². The number of aliphatic hydroxyl groups is 1. The molecule has 0 spiro atoms. The number of hydrogen-bond donors (Lipinski definition) is 2. The van der Waals surface area contributed by atoms with Crippen LogP contribution < -0.4 is 5.32 Å². The van der Waals surface area contributed by atoms with Crippen molar-refractivity contribution in [3.8, 4) is 0 Å². The maximum atomic E-state index is 9.71. The molecule has 16 heavy (non-hydrogen) atoms. The van der Waals surface area contributed by atoms with Gasteiger partial charge in [-0.25, -0.2) is 0 Å². The molecule has 2 N–H and O–H groups in total. The average molecular weight is 225 g/mol. The Labute approximate surface area is 99.8 Å². The van der Waals surface area contributed by atoms with Crippen LogP contribution in [0.4, 0.5) is 0 Å². The van der Waals surface area contributed by atoms with Gasteiger partial charge in [-0.1, -0.05) is 26.7 Å². The molecule has 0 aromatic carbocycles. The molecule has 2 aliphatic rings. The lowest BCUT2D eigenvalue weighted by molar-refractivity contribution is 0.0863. The third-order valence-corrected chi connectivity index (χ3v) is 4.36. The van der Waals surface area contributed by atoms with Gasteiger partial charge in [0.15, 0.2) is 0 Å². The van der Waals surface area contributed by atoms with Gasteiger partial charge in [0.25, 0.3) is 0 Å². The van der Waals surface area contributed by atoms with E-state index in [1.807, 2.05) is 0 Å². The molecule has 2 nitrogen and oxygen atoms in total. The van der Waals surface area contributed by atoms with Crippen molar-refractivity contribution < 1.29 is 5.11 Å². The molecule has 2 saturated carbocycles. The third-order valence-electron chi connectivity index (χ3n) is 4.36. The van der Waals surface area contributed by atoms with Crippen LogP contribution >= 0.6 is 0 Å². The topological polar surface area (TPSA) is 32.3 Å². The zero-order chi connectivity index (χ0) is 11.6. The lowest BCUT2D eigenvalue weighted by Gasteiger charge is -2.41. The van der Waals surface area contributed by atoms with Crippen molar-refractivity contribution in [2.45, 2.75) is 57.9 Å². The summed E-state index contributed by atoms with van der Waals surface area (Å²) in [7, 11) is 0. The summed E-state index contributed by atoms with van der Waals surface area (Å²) in [6.45, 7) is 5.83. The standard InChI is InChI=1S/C14H27NO/c1-11(2)9-15-14(10-16)7-3-4-13(8-14)12-5-6-12/h11-13,15-16H,3-10H2,1-2H3. The van der Waals surface area contributed by atoms with E-state index in [1.54, 1.807) is 0 Å². The van der Waals surface area contributed by atoms with Crippen LogP contribution in [0.3, 0.4) is 0 Å². The molecule has 0 amide bonds. The Kier molecular flexibility index (Phi) is 3.91. The predicted octanol–water partition coefficient (Wildman–Crippen LogP) is 2.56. The second-order valence-electron chi connectivity index (χ2n) is 6.41.